The molecule has 0 atom stereocenters. The first kappa shape index (κ1) is 12.3. The van der Waals surface area contributed by atoms with Gasteiger partial charge >= 0.3 is 0 Å². The molecular weight excluding hydrogens is 327 g/mol. The highest BCUT2D eigenvalue weighted by molar-refractivity contribution is 14.1. The van der Waals surface area contributed by atoms with Crippen molar-refractivity contribution in [2.24, 2.45) is 0 Å². The standard InChI is InChI=1S/C13H13IN2O/c1-2-16-7-6-15-13(16)9-12(17)10-4-3-5-11(14)8-10/h3-8H,2,9H2,1H3. The van der Waals surface area contributed by atoms with Crippen LogP contribution < -0.4 is 0 Å². The van der Waals surface area contributed by atoms with Crippen LogP contribution in [0.25, 0.3) is 0 Å². The summed E-state index contributed by atoms with van der Waals surface area (Å²) in [5.74, 6) is 0.945. The number of benzene rings is 1. The van der Waals surface area contributed by atoms with Crippen molar-refractivity contribution >= 4 is 28.4 Å². The van der Waals surface area contributed by atoms with Crippen molar-refractivity contribution < 1.29 is 4.79 Å². The predicted octanol–water partition coefficient (Wildman–Crippen LogP) is 2.93. The lowest BCUT2D eigenvalue weighted by molar-refractivity contribution is 0.0989. The lowest BCUT2D eigenvalue weighted by atomic mass is 10.1. The average Bonchev–Trinajstić information content (AvgIpc) is 2.76. The van der Waals surface area contributed by atoms with Crippen LogP contribution in [0.1, 0.15) is 23.1 Å². The van der Waals surface area contributed by atoms with Gasteiger partial charge in [0.1, 0.15) is 5.82 Å². The maximum Gasteiger partial charge on any atom is 0.170 e. The largest absolute Gasteiger partial charge is 0.335 e. The first-order chi connectivity index (χ1) is 8.20. The number of aryl methyl sites for hydroxylation is 1. The Hall–Kier alpha value is -1.17. The van der Waals surface area contributed by atoms with Crippen LogP contribution in [0, 0.1) is 3.57 Å². The molecule has 0 bridgehead atoms. The third kappa shape index (κ3) is 2.94. The molecule has 3 nitrogen and oxygen atoms in total. The van der Waals surface area contributed by atoms with Crippen molar-refractivity contribution in [3.05, 3.63) is 51.6 Å². The monoisotopic (exact) mass is 340 g/mol. The zero-order valence-electron chi connectivity index (χ0n) is 9.56. The van der Waals surface area contributed by atoms with Crippen LogP contribution in [0.5, 0.6) is 0 Å². The van der Waals surface area contributed by atoms with Gasteiger partial charge in [0, 0.05) is 28.1 Å². The Morgan fingerprint density at radius 1 is 1.47 bits per heavy atom. The van der Waals surface area contributed by atoms with E-state index in [2.05, 4.69) is 27.6 Å². The van der Waals surface area contributed by atoms with E-state index in [1.54, 1.807) is 6.20 Å². The zero-order chi connectivity index (χ0) is 12.3. The minimum absolute atomic E-state index is 0.115. The third-order valence-corrected chi connectivity index (χ3v) is 3.28. The van der Waals surface area contributed by atoms with Gasteiger partial charge in [0.15, 0.2) is 5.78 Å². The lowest BCUT2D eigenvalue weighted by Crippen LogP contribution is -2.09. The van der Waals surface area contributed by atoms with Gasteiger partial charge in [-0.15, -0.1) is 0 Å². The van der Waals surface area contributed by atoms with Gasteiger partial charge in [-0.1, -0.05) is 12.1 Å². The maximum atomic E-state index is 12.1. The Morgan fingerprint density at radius 3 is 3.00 bits per heavy atom. The molecule has 1 aromatic heterocycles. The second kappa shape index (κ2) is 5.44. The number of imidazole rings is 1. The highest BCUT2D eigenvalue weighted by Crippen LogP contribution is 2.11. The number of Topliss-reactive ketones (excluding diaryl/α,β-unsaturated/α-hetero) is 1. The summed E-state index contributed by atoms with van der Waals surface area (Å²) >= 11 is 2.21. The van der Waals surface area contributed by atoms with Crippen LogP contribution in [0.15, 0.2) is 36.7 Å². The van der Waals surface area contributed by atoms with E-state index < -0.39 is 0 Å². The second-order valence-corrected chi connectivity index (χ2v) is 4.99. The average molecular weight is 340 g/mol. The van der Waals surface area contributed by atoms with Gasteiger partial charge in [0.2, 0.25) is 0 Å². The van der Waals surface area contributed by atoms with E-state index in [1.807, 2.05) is 42.0 Å². The quantitative estimate of drug-likeness (QED) is 0.634. The molecule has 0 radical (unpaired) electrons. The number of carbonyl (C=O) groups excluding carboxylic acids is 1. The topological polar surface area (TPSA) is 34.9 Å². The molecule has 0 aliphatic carbocycles. The number of aromatic nitrogens is 2. The molecule has 17 heavy (non-hydrogen) atoms. The van der Waals surface area contributed by atoms with Crippen LogP contribution in [0.2, 0.25) is 0 Å². The zero-order valence-corrected chi connectivity index (χ0v) is 11.7. The molecule has 0 saturated carbocycles. The fourth-order valence-corrected chi connectivity index (χ4v) is 2.25. The van der Waals surface area contributed by atoms with Gasteiger partial charge in [-0.3, -0.25) is 4.79 Å². The summed E-state index contributed by atoms with van der Waals surface area (Å²) in [6, 6.07) is 7.64. The molecule has 2 rings (SSSR count). The van der Waals surface area contributed by atoms with Gasteiger partial charge in [-0.2, -0.15) is 0 Å². The van der Waals surface area contributed by atoms with Gasteiger partial charge in [-0.05, 0) is 41.6 Å². The molecule has 0 aliphatic heterocycles. The third-order valence-electron chi connectivity index (χ3n) is 2.61. The molecule has 1 heterocycles. The van der Waals surface area contributed by atoms with Crippen molar-refractivity contribution in [2.75, 3.05) is 0 Å². The van der Waals surface area contributed by atoms with Crippen LogP contribution in [0.3, 0.4) is 0 Å². The normalized spacial score (nSPS) is 10.5. The van der Waals surface area contributed by atoms with Crippen LogP contribution in [-0.4, -0.2) is 15.3 Å². The summed E-state index contributed by atoms with van der Waals surface area (Å²) in [5, 5.41) is 0. The Kier molecular flexibility index (Phi) is 3.93. The summed E-state index contributed by atoms with van der Waals surface area (Å²) in [6.45, 7) is 2.88. The SMILES string of the molecule is CCn1ccnc1CC(=O)c1cccc(I)c1. The lowest BCUT2D eigenvalue weighted by Gasteiger charge is -2.04. The van der Waals surface area contributed by atoms with Crippen molar-refractivity contribution in [3.8, 4) is 0 Å². The molecule has 0 N–H and O–H groups in total. The highest BCUT2D eigenvalue weighted by atomic mass is 127. The Balaban J connectivity index is 2.17. The van der Waals surface area contributed by atoms with Gasteiger partial charge in [0.25, 0.3) is 0 Å². The Bertz CT molecular complexity index is 534. The molecule has 4 heteroatoms. The second-order valence-electron chi connectivity index (χ2n) is 3.74. The van der Waals surface area contributed by atoms with E-state index in [0.717, 1.165) is 21.5 Å². The molecule has 2 aromatic rings. The van der Waals surface area contributed by atoms with E-state index in [9.17, 15) is 4.79 Å². The molecule has 0 unspecified atom stereocenters. The van der Waals surface area contributed by atoms with Gasteiger partial charge in [-0.25, -0.2) is 4.98 Å². The molecule has 0 fully saturated rings. The minimum Gasteiger partial charge on any atom is -0.335 e. The van der Waals surface area contributed by atoms with Gasteiger partial charge < -0.3 is 4.57 Å². The molecular formula is C13H13IN2O. The summed E-state index contributed by atoms with van der Waals surface area (Å²) in [5.41, 5.74) is 0.752. The van der Waals surface area contributed by atoms with E-state index in [-0.39, 0.29) is 5.78 Å². The van der Waals surface area contributed by atoms with E-state index >= 15 is 0 Å². The van der Waals surface area contributed by atoms with Crippen LogP contribution in [-0.2, 0) is 13.0 Å². The predicted molar refractivity (Wildman–Crippen MR) is 75.1 cm³/mol. The molecule has 0 saturated heterocycles. The molecule has 88 valence electrons. The Labute approximate surface area is 114 Å². The number of carbonyl (C=O) groups is 1. The number of hydrogen-bond acceptors (Lipinski definition) is 2. The Morgan fingerprint density at radius 2 is 2.29 bits per heavy atom. The van der Waals surface area contributed by atoms with Crippen molar-refractivity contribution in [1.29, 1.82) is 0 Å². The summed E-state index contributed by atoms with van der Waals surface area (Å²) in [7, 11) is 0. The molecule has 1 aromatic carbocycles. The van der Waals surface area contributed by atoms with Gasteiger partial charge in [0.05, 0.1) is 6.42 Å². The summed E-state index contributed by atoms with van der Waals surface area (Å²) in [4.78, 5) is 16.3. The van der Waals surface area contributed by atoms with E-state index in [4.69, 9.17) is 0 Å². The van der Waals surface area contributed by atoms with Crippen LogP contribution in [0.4, 0.5) is 0 Å². The fourth-order valence-electron chi connectivity index (χ4n) is 1.70. The van der Waals surface area contributed by atoms with Crippen LogP contribution >= 0.6 is 22.6 Å². The molecule has 0 spiro atoms. The maximum absolute atomic E-state index is 12.1. The fraction of sp³-hybridized carbons (Fsp3) is 0.231. The van der Waals surface area contributed by atoms with Crippen molar-refractivity contribution in [1.82, 2.24) is 9.55 Å². The van der Waals surface area contributed by atoms with E-state index in [1.165, 1.54) is 0 Å². The number of halogens is 1. The smallest absolute Gasteiger partial charge is 0.170 e. The number of hydrogen-bond donors (Lipinski definition) is 0. The van der Waals surface area contributed by atoms with Crippen molar-refractivity contribution in [3.63, 3.8) is 0 Å². The first-order valence-corrected chi connectivity index (χ1v) is 6.57. The van der Waals surface area contributed by atoms with Crippen molar-refractivity contribution in [2.45, 2.75) is 19.9 Å². The first-order valence-electron chi connectivity index (χ1n) is 5.49. The summed E-state index contributed by atoms with van der Waals surface area (Å²) < 4.78 is 3.07. The number of nitrogens with zero attached hydrogens (tertiary/aromatic N) is 2. The molecule has 0 aliphatic rings. The minimum atomic E-state index is 0.115. The number of ketones is 1. The highest BCUT2D eigenvalue weighted by Gasteiger charge is 2.10. The van der Waals surface area contributed by atoms with E-state index in [0.29, 0.717) is 6.42 Å². The summed E-state index contributed by atoms with van der Waals surface area (Å²) in [6.07, 6.45) is 4.00. The molecule has 0 amide bonds. The number of rotatable bonds is 4.